The smallest absolute Gasteiger partial charge is 0.322 e. The molecule has 1 saturated heterocycles. The molecule has 1 fully saturated rings. The lowest BCUT2D eigenvalue weighted by Crippen LogP contribution is -2.44. The van der Waals surface area contributed by atoms with Gasteiger partial charge in [0.2, 0.25) is 0 Å². The van der Waals surface area contributed by atoms with E-state index < -0.39 is 0 Å². The number of aromatic amines is 1. The van der Waals surface area contributed by atoms with E-state index in [1.54, 1.807) is 4.90 Å². The number of pyridine rings is 1. The molecular weight excluding hydrogens is 423 g/mol. The Balaban J connectivity index is 1.56. The van der Waals surface area contributed by atoms with Crippen LogP contribution in [0.2, 0.25) is 0 Å². The Bertz CT molecular complexity index is 1190. The zero-order valence-corrected chi connectivity index (χ0v) is 19.0. The van der Waals surface area contributed by atoms with Crippen molar-refractivity contribution in [2.45, 2.75) is 20.4 Å². The van der Waals surface area contributed by atoms with Crippen LogP contribution < -0.4 is 10.9 Å². The van der Waals surface area contributed by atoms with Gasteiger partial charge >= 0.3 is 6.03 Å². The van der Waals surface area contributed by atoms with Crippen molar-refractivity contribution < 1.29 is 13.9 Å². The number of carbonyl (C=O) groups excluding carboxylic acids is 1. The average Bonchev–Trinajstić information content (AvgIpc) is 2.80. The maximum absolute atomic E-state index is 13.2. The van der Waals surface area contributed by atoms with Gasteiger partial charge in [0.15, 0.2) is 0 Å². The highest BCUT2D eigenvalue weighted by Crippen LogP contribution is 2.18. The Morgan fingerprint density at radius 3 is 2.55 bits per heavy atom. The summed E-state index contributed by atoms with van der Waals surface area (Å²) in [5.74, 6) is -0.370. The quantitative estimate of drug-likeness (QED) is 0.599. The van der Waals surface area contributed by atoms with Crippen molar-refractivity contribution in [2.24, 2.45) is 0 Å². The van der Waals surface area contributed by atoms with Gasteiger partial charge in [-0.25, -0.2) is 9.18 Å². The number of hydrogen-bond donors (Lipinski definition) is 2. The summed E-state index contributed by atoms with van der Waals surface area (Å²) < 4.78 is 18.6. The molecular formula is C25H29FN4O3. The van der Waals surface area contributed by atoms with Crippen LogP contribution in [0, 0.1) is 19.7 Å². The average molecular weight is 453 g/mol. The third-order valence-corrected chi connectivity index (χ3v) is 6.07. The Hall–Kier alpha value is -3.23. The second kappa shape index (κ2) is 10.1. The maximum atomic E-state index is 13.2. The molecule has 2 amide bonds. The summed E-state index contributed by atoms with van der Waals surface area (Å²) in [5, 5.41) is 3.75. The van der Waals surface area contributed by atoms with Crippen molar-refractivity contribution in [3.8, 4) is 0 Å². The monoisotopic (exact) mass is 452 g/mol. The predicted octanol–water partition coefficient (Wildman–Crippen LogP) is 3.65. The molecule has 33 heavy (non-hydrogen) atoms. The summed E-state index contributed by atoms with van der Waals surface area (Å²) in [6.45, 7) is 8.27. The number of amides is 2. The molecule has 1 aromatic heterocycles. The van der Waals surface area contributed by atoms with E-state index in [9.17, 15) is 14.0 Å². The van der Waals surface area contributed by atoms with E-state index in [4.69, 9.17) is 4.74 Å². The first-order valence-corrected chi connectivity index (χ1v) is 11.1. The van der Waals surface area contributed by atoms with E-state index in [-0.39, 0.29) is 24.0 Å². The van der Waals surface area contributed by atoms with Crippen LogP contribution in [0.15, 0.2) is 47.3 Å². The number of urea groups is 1. The molecule has 0 radical (unpaired) electrons. The van der Waals surface area contributed by atoms with Gasteiger partial charge in [0.25, 0.3) is 5.56 Å². The fraction of sp³-hybridized carbons (Fsp3) is 0.360. The van der Waals surface area contributed by atoms with E-state index in [0.29, 0.717) is 37.6 Å². The number of halogens is 1. The van der Waals surface area contributed by atoms with Crippen LogP contribution in [0.5, 0.6) is 0 Å². The lowest BCUT2D eigenvalue weighted by molar-refractivity contribution is 0.0349. The number of hydrogen-bond acceptors (Lipinski definition) is 4. The van der Waals surface area contributed by atoms with Gasteiger partial charge in [-0.15, -0.1) is 0 Å². The van der Waals surface area contributed by atoms with Crippen LogP contribution in [-0.4, -0.2) is 60.2 Å². The largest absolute Gasteiger partial charge is 0.379 e. The number of morpholine rings is 1. The van der Waals surface area contributed by atoms with E-state index >= 15 is 0 Å². The van der Waals surface area contributed by atoms with Crippen LogP contribution in [0.4, 0.5) is 14.9 Å². The highest BCUT2D eigenvalue weighted by atomic mass is 19.1. The summed E-state index contributed by atoms with van der Waals surface area (Å²) in [5.41, 5.74) is 3.83. The number of aromatic nitrogens is 1. The van der Waals surface area contributed by atoms with Crippen molar-refractivity contribution >= 4 is 22.6 Å². The number of fused-ring (bicyclic) bond motifs is 1. The standard InChI is InChI=1S/C25H29FN4O3/c1-17-13-19-15-20(24(31)28-23(19)14-18(17)2)16-30(8-7-29-9-11-33-12-10-29)25(32)27-22-5-3-21(26)4-6-22/h3-6,13-15H,7-12,16H2,1-2H3,(H,27,32)(H,28,31). The molecule has 174 valence electrons. The summed E-state index contributed by atoms with van der Waals surface area (Å²) in [6, 6.07) is 11.1. The molecule has 7 nitrogen and oxygen atoms in total. The molecule has 1 aliphatic heterocycles. The molecule has 0 spiro atoms. The minimum absolute atomic E-state index is 0.162. The fourth-order valence-corrected chi connectivity index (χ4v) is 3.92. The Labute approximate surface area is 192 Å². The molecule has 2 aromatic carbocycles. The van der Waals surface area contributed by atoms with Crippen molar-refractivity contribution in [1.29, 1.82) is 0 Å². The first-order chi connectivity index (χ1) is 15.9. The second-order valence-electron chi connectivity index (χ2n) is 8.46. The molecule has 0 atom stereocenters. The third-order valence-electron chi connectivity index (χ3n) is 6.07. The number of nitrogens with zero attached hydrogens (tertiary/aromatic N) is 2. The Kier molecular flexibility index (Phi) is 7.05. The number of H-pyrrole nitrogens is 1. The van der Waals surface area contributed by atoms with E-state index in [1.807, 2.05) is 32.0 Å². The van der Waals surface area contributed by atoms with Gasteiger partial charge < -0.3 is 19.9 Å². The molecule has 2 N–H and O–H groups in total. The molecule has 0 aliphatic carbocycles. The molecule has 1 aliphatic rings. The maximum Gasteiger partial charge on any atom is 0.322 e. The number of rotatable bonds is 6. The second-order valence-corrected chi connectivity index (χ2v) is 8.46. The first kappa shape index (κ1) is 22.9. The zero-order chi connectivity index (χ0) is 23.4. The number of nitrogens with one attached hydrogen (secondary N) is 2. The van der Waals surface area contributed by atoms with Crippen molar-refractivity contribution in [2.75, 3.05) is 44.7 Å². The predicted molar refractivity (Wildman–Crippen MR) is 127 cm³/mol. The lowest BCUT2D eigenvalue weighted by atomic mass is 10.0. The van der Waals surface area contributed by atoms with Gasteiger partial charge in [-0.1, -0.05) is 0 Å². The third kappa shape index (κ3) is 5.77. The Morgan fingerprint density at radius 1 is 1.12 bits per heavy atom. The Morgan fingerprint density at radius 2 is 1.82 bits per heavy atom. The van der Waals surface area contributed by atoms with Gasteiger partial charge in [0.1, 0.15) is 5.82 Å². The summed E-state index contributed by atoms with van der Waals surface area (Å²) in [4.78, 5) is 32.7. The van der Waals surface area contributed by atoms with Crippen LogP contribution in [0.3, 0.4) is 0 Å². The number of carbonyl (C=O) groups is 1. The minimum Gasteiger partial charge on any atom is -0.379 e. The first-order valence-electron chi connectivity index (χ1n) is 11.1. The van der Waals surface area contributed by atoms with Crippen molar-refractivity contribution in [3.05, 3.63) is 75.3 Å². The molecule has 2 heterocycles. The van der Waals surface area contributed by atoms with Crippen LogP contribution >= 0.6 is 0 Å². The number of anilines is 1. The normalized spacial score (nSPS) is 14.4. The zero-order valence-electron chi connectivity index (χ0n) is 19.0. The molecule has 0 saturated carbocycles. The van der Waals surface area contributed by atoms with Gasteiger partial charge in [-0.2, -0.15) is 0 Å². The number of benzene rings is 2. The summed E-state index contributed by atoms with van der Waals surface area (Å²) in [6.07, 6.45) is 0. The molecule has 4 rings (SSSR count). The van der Waals surface area contributed by atoms with Gasteiger partial charge in [0.05, 0.1) is 19.8 Å². The SMILES string of the molecule is Cc1cc2cc(CN(CCN3CCOCC3)C(=O)Nc3ccc(F)cc3)c(=O)[nH]c2cc1C. The molecule has 0 bridgehead atoms. The fourth-order valence-electron chi connectivity index (χ4n) is 3.92. The lowest BCUT2D eigenvalue weighted by Gasteiger charge is -2.30. The van der Waals surface area contributed by atoms with Crippen LogP contribution in [-0.2, 0) is 11.3 Å². The molecule has 0 unspecified atom stereocenters. The topological polar surface area (TPSA) is 77.7 Å². The van der Waals surface area contributed by atoms with Gasteiger partial charge in [-0.05, 0) is 72.8 Å². The van der Waals surface area contributed by atoms with Crippen LogP contribution in [0.25, 0.3) is 10.9 Å². The van der Waals surface area contributed by atoms with Crippen molar-refractivity contribution in [3.63, 3.8) is 0 Å². The van der Waals surface area contributed by atoms with Gasteiger partial charge in [0, 0.05) is 42.9 Å². The van der Waals surface area contributed by atoms with E-state index in [1.165, 1.54) is 24.3 Å². The minimum atomic E-state index is -0.370. The molecule has 8 heteroatoms. The highest BCUT2D eigenvalue weighted by Gasteiger charge is 2.19. The highest BCUT2D eigenvalue weighted by molar-refractivity contribution is 5.89. The van der Waals surface area contributed by atoms with Gasteiger partial charge in [-0.3, -0.25) is 9.69 Å². The number of ether oxygens (including phenoxy) is 1. The summed E-state index contributed by atoms with van der Waals surface area (Å²) >= 11 is 0. The van der Waals surface area contributed by atoms with E-state index in [0.717, 1.165) is 35.1 Å². The molecule has 3 aromatic rings. The number of aryl methyl sites for hydroxylation is 2. The summed E-state index contributed by atoms with van der Waals surface area (Å²) in [7, 11) is 0. The van der Waals surface area contributed by atoms with Crippen molar-refractivity contribution in [1.82, 2.24) is 14.8 Å². The van der Waals surface area contributed by atoms with E-state index in [2.05, 4.69) is 15.2 Å². The van der Waals surface area contributed by atoms with Crippen LogP contribution in [0.1, 0.15) is 16.7 Å².